The van der Waals surface area contributed by atoms with Gasteiger partial charge in [0.2, 0.25) is 0 Å². The Labute approximate surface area is 181 Å². The summed E-state index contributed by atoms with van der Waals surface area (Å²) < 4.78 is 10.6. The van der Waals surface area contributed by atoms with Crippen LogP contribution in [0.4, 0.5) is 0 Å². The molecule has 0 aromatic rings. The van der Waals surface area contributed by atoms with Crippen LogP contribution >= 0.6 is 24.0 Å². The summed E-state index contributed by atoms with van der Waals surface area (Å²) in [6.45, 7) is 14.9. The van der Waals surface area contributed by atoms with Crippen LogP contribution in [-0.4, -0.2) is 87.4 Å². The predicted molar refractivity (Wildman–Crippen MR) is 119 cm³/mol. The maximum atomic E-state index is 11.9. The van der Waals surface area contributed by atoms with Gasteiger partial charge in [0.15, 0.2) is 5.96 Å². The molecule has 2 rings (SSSR count). The van der Waals surface area contributed by atoms with Gasteiger partial charge in [-0.05, 0) is 32.6 Å². The van der Waals surface area contributed by atoms with E-state index >= 15 is 0 Å². The van der Waals surface area contributed by atoms with E-state index in [9.17, 15) is 4.79 Å². The highest BCUT2D eigenvalue weighted by Crippen LogP contribution is 2.19. The second kappa shape index (κ2) is 13.5. The lowest BCUT2D eigenvalue weighted by Gasteiger charge is -2.33. The van der Waals surface area contributed by atoms with Crippen LogP contribution in [-0.2, 0) is 14.3 Å². The zero-order valence-electron chi connectivity index (χ0n) is 17.1. The molecule has 0 aromatic heterocycles. The van der Waals surface area contributed by atoms with E-state index in [0.717, 1.165) is 77.8 Å². The predicted octanol–water partition coefficient (Wildman–Crippen LogP) is 1.81. The Morgan fingerprint density at radius 1 is 1.22 bits per heavy atom. The fraction of sp³-hybridized carbons (Fsp3) is 0.895. The molecule has 0 bridgehead atoms. The van der Waals surface area contributed by atoms with Gasteiger partial charge in [-0.15, -0.1) is 24.0 Å². The zero-order valence-corrected chi connectivity index (χ0v) is 19.4. The van der Waals surface area contributed by atoms with Gasteiger partial charge in [-0.1, -0.05) is 6.92 Å². The van der Waals surface area contributed by atoms with Crippen LogP contribution in [0.5, 0.6) is 0 Å². The van der Waals surface area contributed by atoms with Gasteiger partial charge in [-0.3, -0.25) is 14.7 Å². The summed E-state index contributed by atoms with van der Waals surface area (Å²) in [7, 11) is 0. The number of halogens is 1. The molecule has 1 N–H and O–H groups in total. The molecule has 158 valence electrons. The maximum Gasteiger partial charge on any atom is 0.309 e. The van der Waals surface area contributed by atoms with E-state index in [1.165, 1.54) is 0 Å². The van der Waals surface area contributed by atoms with E-state index in [1.54, 1.807) is 0 Å². The van der Waals surface area contributed by atoms with Gasteiger partial charge >= 0.3 is 5.97 Å². The summed E-state index contributed by atoms with van der Waals surface area (Å²) in [5.41, 5.74) is 0. The first kappa shape index (κ1) is 24.4. The highest BCUT2D eigenvalue weighted by Gasteiger charge is 2.27. The van der Waals surface area contributed by atoms with E-state index < -0.39 is 0 Å². The van der Waals surface area contributed by atoms with Crippen LogP contribution in [0.15, 0.2) is 4.99 Å². The monoisotopic (exact) mass is 496 g/mol. The van der Waals surface area contributed by atoms with Crippen molar-refractivity contribution in [3.8, 4) is 0 Å². The Kier molecular flexibility index (Phi) is 12.3. The highest BCUT2D eigenvalue weighted by molar-refractivity contribution is 14.0. The molecule has 2 fully saturated rings. The number of morpholine rings is 1. The largest absolute Gasteiger partial charge is 0.466 e. The number of carbonyl (C=O) groups is 1. The summed E-state index contributed by atoms with van der Waals surface area (Å²) in [6, 6.07) is 0. The number of esters is 1. The quantitative estimate of drug-likeness (QED) is 0.251. The van der Waals surface area contributed by atoms with Gasteiger partial charge in [0.1, 0.15) is 0 Å². The fourth-order valence-electron chi connectivity index (χ4n) is 3.54. The molecule has 0 amide bonds. The number of ether oxygens (including phenoxy) is 2. The smallest absolute Gasteiger partial charge is 0.309 e. The van der Waals surface area contributed by atoms with Crippen molar-refractivity contribution in [2.45, 2.75) is 33.6 Å². The Bertz CT molecular complexity index is 450. The number of hydrogen-bond acceptors (Lipinski definition) is 5. The number of carbonyl (C=O) groups excluding carboxylic acids is 1. The average Bonchev–Trinajstić information content (AvgIpc) is 2.66. The first-order valence-electron chi connectivity index (χ1n) is 10.1. The van der Waals surface area contributed by atoms with Crippen molar-refractivity contribution in [3.05, 3.63) is 0 Å². The normalized spacial score (nSPS) is 20.7. The summed E-state index contributed by atoms with van der Waals surface area (Å²) in [5, 5.41) is 3.41. The van der Waals surface area contributed by atoms with Crippen LogP contribution in [0.25, 0.3) is 0 Å². The highest BCUT2D eigenvalue weighted by atomic mass is 127. The van der Waals surface area contributed by atoms with Gasteiger partial charge in [-0.2, -0.15) is 0 Å². The SMILES string of the molecule is CCNC(=NCC(C)CN1CCOCC1)N1CCC(C(=O)OCC)CC1.I. The van der Waals surface area contributed by atoms with Crippen molar-refractivity contribution in [3.63, 3.8) is 0 Å². The average molecular weight is 496 g/mol. The molecular weight excluding hydrogens is 459 g/mol. The molecular formula is C19H37IN4O3. The van der Waals surface area contributed by atoms with E-state index in [2.05, 4.69) is 29.0 Å². The molecule has 0 aliphatic carbocycles. The van der Waals surface area contributed by atoms with E-state index in [-0.39, 0.29) is 35.9 Å². The summed E-state index contributed by atoms with van der Waals surface area (Å²) in [4.78, 5) is 21.5. The van der Waals surface area contributed by atoms with Crippen molar-refractivity contribution in [1.29, 1.82) is 0 Å². The summed E-state index contributed by atoms with van der Waals surface area (Å²) in [5.74, 6) is 1.48. The van der Waals surface area contributed by atoms with Crippen molar-refractivity contribution in [1.82, 2.24) is 15.1 Å². The molecule has 0 saturated carbocycles. The molecule has 0 aromatic carbocycles. The second-order valence-electron chi connectivity index (χ2n) is 7.23. The number of aliphatic imine (C=N–C) groups is 1. The number of likely N-dealkylation sites (tertiary alicyclic amines) is 1. The van der Waals surface area contributed by atoms with Gasteiger partial charge in [0, 0.05) is 45.8 Å². The topological polar surface area (TPSA) is 66.4 Å². The first-order chi connectivity index (χ1) is 12.6. The summed E-state index contributed by atoms with van der Waals surface area (Å²) in [6.07, 6.45) is 1.68. The van der Waals surface area contributed by atoms with Gasteiger partial charge in [-0.25, -0.2) is 0 Å². The van der Waals surface area contributed by atoms with Crippen LogP contribution in [0.3, 0.4) is 0 Å². The molecule has 27 heavy (non-hydrogen) atoms. The van der Waals surface area contributed by atoms with Crippen molar-refractivity contribution >= 4 is 35.9 Å². The zero-order chi connectivity index (χ0) is 18.8. The lowest BCUT2D eigenvalue weighted by Crippen LogP contribution is -2.47. The minimum absolute atomic E-state index is 0. The lowest BCUT2D eigenvalue weighted by molar-refractivity contribution is -0.149. The van der Waals surface area contributed by atoms with E-state index in [4.69, 9.17) is 14.5 Å². The molecule has 7 nitrogen and oxygen atoms in total. The number of hydrogen-bond donors (Lipinski definition) is 1. The van der Waals surface area contributed by atoms with Gasteiger partial charge < -0.3 is 19.7 Å². The van der Waals surface area contributed by atoms with E-state index in [0.29, 0.717) is 12.5 Å². The third-order valence-electron chi connectivity index (χ3n) is 4.98. The van der Waals surface area contributed by atoms with Crippen LogP contribution in [0.2, 0.25) is 0 Å². The molecule has 0 radical (unpaired) electrons. The molecule has 1 atom stereocenters. The number of piperidine rings is 1. The standard InChI is InChI=1S/C19H36N4O3.HI/c1-4-20-19(21-14-16(3)15-22-10-12-25-13-11-22)23-8-6-17(7-9-23)18(24)26-5-2;/h16-17H,4-15H2,1-3H3,(H,20,21);1H. The minimum atomic E-state index is -0.0479. The molecule has 8 heteroatoms. The number of guanidine groups is 1. The van der Waals surface area contributed by atoms with Gasteiger partial charge in [0.05, 0.1) is 25.7 Å². The molecule has 2 heterocycles. The molecule has 2 saturated heterocycles. The molecule has 0 spiro atoms. The summed E-state index contributed by atoms with van der Waals surface area (Å²) >= 11 is 0. The Hall–Kier alpha value is -0.610. The van der Waals surface area contributed by atoms with Crippen LogP contribution in [0, 0.1) is 11.8 Å². The third-order valence-corrected chi connectivity index (χ3v) is 4.98. The van der Waals surface area contributed by atoms with E-state index in [1.807, 2.05) is 6.92 Å². The number of nitrogens with one attached hydrogen (secondary N) is 1. The third kappa shape index (κ3) is 8.51. The Morgan fingerprint density at radius 2 is 1.89 bits per heavy atom. The number of rotatable bonds is 7. The van der Waals surface area contributed by atoms with Crippen molar-refractivity contribution in [2.24, 2.45) is 16.8 Å². The fourth-order valence-corrected chi connectivity index (χ4v) is 3.54. The van der Waals surface area contributed by atoms with Crippen molar-refractivity contribution < 1.29 is 14.3 Å². The number of nitrogens with zero attached hydrogens (tertiary/aromatic N) is 3. The Morgan fingerprint density at radius 3 is 2.48 bits per heavy atom. The molecule has 1 unspecified atom stereocenters. The maximum absolute atomic E-state index is 11.9. The Balaban J connectivity index is 0.00000364. The van der Waals surface area contributed by atoms with Gasteiger partial charge in [0.25, 0.3) is 0 Å². The minimum Gasteiger partial charge on any atom is -0.466 e. The van der Waals surface area contributed by atoms with Crippen molar-refractivity contribution in [2.75, 3.05) is 65.6 Å². The molecule has 2 aliphatic rings. The lowest BCUT2D eigenvalue weighted by atomic mass is 9.97. The molecule has 2 aliphatic heterocycles. The van der Waals surface area contributed by atoms with Crippen LogP contribution in [0.1, 0.15) is 33.6 Å². The first-order valence-corrected chi connectivity index (χ1v) is 10.1. The van der Waals surface area contributed by atoms with Crippen LogP contribution < -0.4 is 5.32 Å². The second-order valence-corrected chi connectivity index (χ2v) is 7.23.